The van der Waals surface area contributed by atoms with Gasteiger partial charge in [0.25, 0.3) is 5.91 Å². The molecule has 0 atom stereocenters. The number of para-hydroxylation sites is 2. The Morgan fingerprint density at radius 3 is 2.68 bits per heavy atom. The van der Waals surface area contributed by atoms with Crippen molar-refractivity contribution < 1.29 is 4.79 Å². The van der Waals surface area contributed by atoms with Crippen molar-refractivity contribution in [1.29, 1.82) is 0 Å². The Kier molecular flexibility index (Phi) is 3.90. The van der Waals surface area contributed by atoms with Gasteiger partial charge in [0.15, 0.2) is 0 Å². The molecule has 1 aliphatic rings. The lowest BCUT2D eigenvalue weighted by Crippen LogP contribution is -2.27. The summed E-state index contributed by atoms with van der Waals surface area (Å²) in [6, 6.07) is 14.1. The second kappa shape index (κ2) is 6.56. The summed E-state index contributed by atoms with van der Waals surface area (Å²) in [6.07, 6.45) is 5.71. The molecule has 0 fully saturated rings. The summed E-state index contributed by atoms with van der Waals surface area (Å²) in [5, 5.41) is 0. The van der Waals surface area contributed by atoms with Crippen LogP contribution in [0.1, 0.15) is 21.7 Å². The molecule has 5 rings (SSSR count). The molecular weight excluding hydrogens is 350 g/mol. The van der Waals surface area contributed by atoms with E-state index in [0.29, 0.717) is 19.5 Å². The maximum atomic E-state index is 13.1. The Hall–Kier alpha value is -3.54. The van der Waals surface area contributed by atoms with Crippen LogP contribution in [0.25, 0.3) is 22.2 Å². The number of carbonyl (C=O) groups excluding carboxylic acids is 1. The molecule has 1 amide bonds. The van der Waals surface area contributed by atoms with E-state index in [9.17, 15) is 4.79 Å². The number of fused-ring (bicyclic) bond motifs is 2. The van der Waals surface area contributed by atoms with E-state index in [-0.39, 0.29) is 5.91 Å². The van der Waals surface area contributed by atoms with Crippen LogP contribution in [0.15, 0.2) is 61.2 Å². The fourth-order valence-electron chi connectivity index (χ4n) is 3.93. The summed E-state index contributed by atoms with van der Waals surface area (Å²) in [7, 11) is 2.03. The summed E-state index contributed by atoms with van der Waals surface area (Å²) >= 11 is 0. The zero-order valence-corrected chi connectivity index (χ0v) is 15.5. The van der Waals surface area contributed by atoms with Crippen molar-refractivity contribution >= 4 is 16.9 Å². The molecule has 0 saturated heterocycles. The first-order valence-corrected chi connectivity index (χ1v) is 9.29. The maximum absolute atomic E-state index is 13.1. The molecular formula is C22H19N5O. The molecule has 138 valence electrons. The molecule has 2 aromatic carbocycles. The van der Waals surface area contributed by atoms with Gasteiger partial charge >= 0.3 is 0 Å². The lowest BCUT2D eigenvalue weighted by molar-refractivity contribution is 0.0780. The zero-order chi connectivity index (χ0) is 19.1. The Labute approximate surface area is 162 Å². The minimum absolute atomic E-state index is 0.0632. The van der Waals surface area contributed by atoms with Crippen LogP contribution in [0, 0.1) is 0 Å². The van der Waals surface area contributed by atoms with Gasteiger partial charge in [0.1, 0.15) is 12.2 Å². The quantitative estimate of drug-likeness (QED) is 0.554. The molecule has 0 aliphatic carbocycles. The number of carbonyl (C=O) groups is 1. The van der Waals surface area contributed by atoms with Crippen molar-refractivity contribution in [1.82, 2.24) is 24.4 Å². The van der Waals surface area contributed by atoms with E-state index in [1.807, 2.05) is 48.3 Å². The molecule has 0 saturated carbocycles. The molecule has 4 aromatic rings. The molecule has 0 bridgehead atoms. The number of aromatic nitrogens is 4. The lowest BCUT2D eigenvalue weighted by Gasteiger charge is -2.15. The number of nitrogens with zero attached hydrogens (tertiary/aromatic N) is 5. The largest absolute Gasteiger partial charge is 0.334 e. The molecule has 0 spiro atoms. The van der Waals surface area contributed by atoms with Crippen molar-refractivity contribution in [3.8, 4) is 11.1 Å². The third-order valence-electron chi connectivity index (χ3n) is 5.37. The minimum atomic E-state index is 0.0632. The van der Waals surface area contributed by atoms with Gasteiger partial charge in [-0.15, -0.1) is 0 Å². The van der Waals surface area contributed by atoms with Gasteiger partial charge in [0.2, 0.25) is 0 Å². The first-order valence-electron chi connectivity index (χ1n) is 9.29. The Morgan fingerprint density at radius 1 is 1.04 bits per heavy atom. The van der Waals surface area contributed by atoms with Gasteiger partial charge in [0, 0.05) is 44.5 Å². The molecule has 0 unspecified atom stereocenters. The van der Waals surface area contributed by atoms with Gasteiger partial charge in [-0.1, -0.05) is 30.3 Å². The van der Waals surface area contributed by atoms with Crippen molar-refractivity contribution in [2.24, 2.45) is 7.05 Å². The van der Waals surface area contributed by atoms with Gasteiger partial charge in [-0.2, -0.15) is 0 Å². The topological polar surface area (TPSA) is 63.9 Å². The summed E-state index contributed by atoms with van der Waals surface area (Å²) < 4.78 is 2.11. The fraction of sp³-hybridized carbons (Fsp3) is 0.182. The monoisotopic (exact) mass is 369 g/mol. The third kappa shape index (κ3) is 2.65. The molecule has 6 nitrogen and oxygen atoms in total. The number of hydrogen-bond donors (Lipinski definition) is 0. The standard InChI is InChI=1S/C22H19N5O/c1-26-19-8-3-2-7-18(19)25-20(26)9-10-27-13-15-5-4-6-17(21(15)22(27)28)16-11-23-14-24-12-16/h2-8,11-12,14H,9-10,13H2,1H3. The highest BCUT2D eigenvalue weighted by atomic mass is 16.2. The Bertz CT molecular complexity index is 1180. The molecule has 6 heteroatoms. The minimum Gasteiger partial charge on any atom is -0.334 e. The van der Waals surface area contributed by atoms with E-state index in [4.69, 9.17) is 4.98 Å². The van der Waals surface area contributed by atoms with Gasteiger partial charge < -0.3 is 9.47 Å². The number of amides is 1. The first kappa shape index (κ1) is 16.6. The third-order valence-corrected chi connectivity index (χ3v) is 5.37. The average molecular weight is 369 g/mol. The predicted octanol–water partition coefficient (Wildman–Crippen LogP) is 3.23. The van der Waals surface area contributed by atoms with Crippen LogP contribution >= 0.6 is 0 Å². The second-order valence-corrected chi connectivity index (χ2v) is 7.02. The van der Waals surface area contributed by atoms with Crippen molar-refractivity contribution in [2.45, 2.75) is 13.0 Å². The molecule has 0 radical (unpaired) electrons. The van der Waals surface area contributed by atoms with E-state index in [1.54, 1.807) is 12.4 Å². The van der Waals surface area contributed by atoms with Crippen LogP contribution in [0.5, 0.6) is 0 Å². The highest BCUT2D eigenvalue weighted by Gasteiger charge is 2.30. The number of rotatable bonds is 4. The lowest BCUT2D eigenvalue weighted by atomic mass is 9.99. The summed E-state index contributed by atoms with van der Waals surface area (Å²) in [5.41, 5.74) is 5.68. The number of aryl methyl sites for hydroxylation is 1. The van der Waals surface area contributed by atoms with Crippen LogP contribution in [0.3, 0.4) is 0 Å². The number of benzene rings is 2. The van der Waals surface area contributed by atoms with Crippen LogP contribution < -0.4 is 0 Å². The van der Waals surface area contributed by atoms with Crippen molar-refractivity contribution in [3.05, 3.63) is 78.1 Å². The zero-order valence-electron chi connectivity index (χ0n) is 15.5. The smallest absolute Gasteiger partial charge is 0.255 e. The highest BCUT2D eigenvalue weighted by Crippen LogP contribution is 2.32. The van der Waals surface area contributed by atoms with E-state index < -0.39 is 0 Å². The summed E-state index contributed by atoms with van der Waals surface area (Å²) in [5.74, 6) is 1.05. The van der Waals surface area contributed by atoms with Gasteiger partial charge in [0.05, 0.1) is 16.6 Å². The van der Waals surface area contributed by atoms with Crippen LogP contribution in [0.4, 0.5) is 0 Å². The predicted molar refractivity (Wildman–Crippen MR) is 107 cm³/mol. The molecule has 28 heavy (non-hydrogen) atoms. The maximum Gasteiger partial charge on any atom is 0.255 e. The number of hydrogen-bond acceptors (Lipinski definition) is 4. The van der Waals surface area contributed by atoms with Gasteiger partial charge in [-0.25, -0.2) is 15.0 Å². The molecule has 1 aliphatic heterocycles. The number of imidazole rings is 1. The Morgan fingerprint density at radius 2 is 1.86 bits per heavy atom. The van der Waals surface area contributed by atoms with Gasteiger partial charge in [-0.3, -0.25) is 4.79 Å². The fourth-order valence-corrected chi connectivity index (χ4v) is 3.93. The second-order valence-electron chi connectivity index (χ2n) is 7.02. The van der Waals surface area contributed by atoms with E-state index in [2.05, 4.69) is 20.6 Å². The van der Waals surface area contributed by atoms with Gasteiger partial charge in [-0.05, 0) is 23.3 Å². The summed E-state index contributed by atoms with van der Waals surface area (Å²) in [4.78, 5) is 27.9. The van der Waals surface area contributed by atoms with Crippen molar-refractivity contribution in [2.75, 3.05) is 6.54 Å². The van der Waals surface area contributed by atoms with E-state index >= 15 is 0 Å². The normalized spacial score (nSPS) is 13.3. The molecule has 3 heterocycles. The van der Waals surface area contributed by atoms with Crippen molar-refractivity contribution in [3.63, 3.8) is 0 Å². The van der Waals surface area contributed by atoms with Crippen LogP contribution in [-0.4, -0.2) is 36.9 Å². The molecule has 0 N–H and O–H groups in total. The van der Waals surface area contributed by atoms with E-state index in [0.717, 1.165) is 39.1 Å². The average Bonchev–Trinajstić information content (AvgIpc) is 3.24. The highest BCUT2D eigenvalue weighted by molar-refractivity contribution is 6.04. The van der Waals surface area contributed by atoms with E-state index in [1.165, 1.54) is 6.33 Å². The Balaban J connectivity index is 1.40. The summed E-state index contributed by atoms with van der Waals surface area (Å²) in [6.45, 7) is 1.26. The first-order chi connectivity index (χ1) is 13.7. The SMILES string of the molecule is Cn1c(CCN2Cc3cccc(-c4cncnc4)c3C2=O)nc2ccccc21. The van der Waals surface area contributed by atoms with Crippen LogP contribution in [0.2, 0.25) is 0 Å². The molecule has 2 aromatic heterocycles. The van der Waals surface area contributed by atoms with Crippen LogP contribution in [-0.2, 0) is 20.0 Å².